The van der Waals surface area contributed by atoms with E-state index in [4.69, 9.17) is 0 Å². The van der Waals surface area contributed by atoms with Crippen molar-refractivity contribution in [2.24, 2.45) is 23.7 Å². The largest absolute Gasteiger partial charge is 0.209 e. The first-order chi connectivity index (χ1) is 10.7. The zero-order valence-electron chi connectivity index (χ0n) is 14.6. The molecule has 0 saturated heterocycles. The Morgan fingerprint density at radius 3 is 1.23 bits per heavy atom. The smallest absolute Gasteiger partial charge is 0.135 e. The van der Waals surface area contributed by atoms with E-state index in [-0.39, 0.29) is 23.5 Å². The Balaban J connectivity index is 1.85. The van der Waals surface area contributed by atoms with E-state index < -0.39 is 0 Å². The summed E-state index contributed by atoms with van der Waals surface area (Å²) in [4.78, 5) is 0. The molecule has 2 aliphatic carbocycles. The molecule has 0 unspecified atom stereocenters. The van der Waals surface area contributed by atoms with Gasteiger partial charge in [-0.15, -0.1) is 0 Å². The molecule has 0 aromatic carbocycles. The molecular weight excluding hydrogens is 278 g/mol. The summed E-state index contributed by atoms with van der Waals surface area (Å²) < 4.78 is 29.1. The fourth-order valence-corrected chi connectivity index (χ4v) is 4.62. The third kappa shape index (κ3) is 4.80. The second kappa shape index (κ2) is 9.03. The van der Waals surface area contributed by atoms with E-state index in [1.807, 2.05) is 0 Å². The first kappa shape index (κ1) is 17.9. The second-order valence-electron chi connectivity index (χ2n) is 7.71. The molecule has 0 nitrogen and oxygen atoms in total. The molecule has 2 fully saturated rings. The molecule has 2 saturated carbocycles. The lowest BCUT2D eigenvalue weighted by Crippen LogP contribution is -2.19. The van der Waals surface area contributed by atoms with Gasteiger partial charge in [0, 0.05) is 11.8 Å². The van der Waals surface area contributed by atoms with Crippen LogP contribution in [0.1, 0.15) is 90.9 Å². The van der Waals surface area contributed by atoms with Gasteiger partial charge < -0.3 is 0 Å². The van der Waals surface area contributed by atoms with Crippen LogP contribution in [-0.4, -0.2) is 0 Å². The molecule has 22 heavy (non-hydrogen) atoms. The van der Waals surface area contributed by atoms with Crippen molar-refractivity contribution in [1.82, 2.24) is 0 Å². The monoisotopic (exact) mass is 312 g/mol. The molecule has 0 N–H and O–H groups in total. The lowest BCUT2D eigenvalue weighted by atomic mass is 9.76. The average Bonchev–Trinajstić information content (AvgIpc) is 2.55. The van der Waals surface area contributed by atoms with Gasteiger partial charge in [0.05, 0.1) is 0 Å². The standard InChI is InChI=1S/C20H34F2/c1-3-5-15-7-11-17(12-8-15)19(21)20(22)18-13-9-16(6-4-2)10-14-18/h15-18H,3-14H2,1-2H3. The van der Waals surface area contributed by atoms with Gasteiger partial charge in [0.15, 0.2) is 0 Å². The summed E-state index contributed by atoms with van der Waals surface area (Å²) in [6.07, 6.45) is 12.7. The van der Waals surface area contributed by atoms with Gasteiger partial charge in [0.1, 0.15) is 11.7 Å². The molecule has 2 rings (SSSR count). The molecule has 2 heteroatoms. The SMILES string of the molecule is CCCC1CCC(C(F)=C(F)C2CCC(CCC)CC2)CC1. The molecule has 0 amide bonds. The van der Waals surface area contributed by atoms with Crippen molar-refractivity contribution in [2.45, 2.75) is 90.9 Å². The quantitative estimate of drug-likeness (QED) is 0.481. The van der Waals surface area contributed by atoms with Crippen molar-refractivity contribution >= 4 is 0 Å². The number of halogens is 2. The van der Waals surface area contributed by atoms with Crippen LogP contribution >= 0.6 is 0 Å². The zero-order chi connectivity index (χ0) is 15.9. The van der Waals surface area contributed by atoms with Crippen molar-refractivity contribution < 1.29 is 8.78 Å². The maximum atomic E-state index is 14.5. The third-order valence-corrected chi connectivity index (χ3v) is 6.03. The van der Waals surface area contributed by atoms with Crippen molar-refractivity contribution in [3.8, 4) is 0 Å². The summed E-state index contributed by atoms with van der Waals surface area (Å²) >= 11 is 0. The molecule has 128 valence electrons. The van der Waals surface area contributed by atoms with Crippen LogP contribution in [0.15, 0.2) is 11.7 Å². The van der Waals surface area contributed by atoms with Gasteiger partial charge in [0.2, 0.25) is 0 Å². The van der Waals surface area contributed by atoms with E-state index in [1.165, 1.54) is 25.7 Å². The Morgan fingerprint density at radius 1 is 0.636 bits per heavy atom. The Hall–Kier alpha value is -0.400. The molecule has 0 aromatic heterocycles. The van der Waals surface area contributed by atoms with Crippen LogP contribution in [0.25, 0.3) is 0 Å². The third-order valence-electron chi connectivity index (χ3n) is 6.03. The van der Waals surface area contributed by atoms with E-state index in [2.05, 4.69) is 13.8 Å². The molecule has 0 bridgehead atoms. The Bertz CT molecular complexity index is 311. The van der Waals surface area contributed by atoms with E-state index >= 15 is 0 Å². The van der Waals surface area contributed by atoms with E-state index in [9.17, 15) is 8.78 Å². The summed E-state index contributed by atoms with van der Waals surface area (Å²) in [5, 5.41) is 0. The van der Waals surface area contributed by atoms with Gasteiger partial charge in [-0.1, -0.05) is 39.5 Å². The highest BCUT2D eigenvalue weighted by atomic mass is 19.2. The summed E-state index contributed by atoms with van der Waals surface area (Å²) in [7, 11) is 0. The fourth-order valence-electron chi connectivity index (χ4n) is 4.62. The lowest BCUT2D eigenvalue weighted by Gasteiger charge is -2.30. The van der Waals surface area contributed by atoms with Gasteiger partial charge in [-0.25, -0.2) is 8.78 Å². The predicted molar refractivity (Wildman–Crippen MR) is 90.0 cm³/mol. The minimum absolute atomic E-state index is 0.124. The van der Waals surface area contributed by atoms with Crippen LogP contribution in [-0.2, 0) is 0 Å². The molecule has 2 aliphatic rings. The van der Waals surface area contributed by atoms with Gasteiger partial charge in [-0.3, -0.25) is 0 Å². The summed E-state index contributed by atoms with van der Waals surface area (Å²) in [5.41, 5.74) is 0. The van der Waals surface area contributed by atoms with Gasteiger partial charge in [0.25, 0.3) is 0 Å². The Kier molecular flexibility index (Phi) is 7.37. The summed E-state index contributed by atoms with van der Waals surface area (Å²) in [5.74, 6) is 0.494. The molecular formula is C20H34F2. The normalized spacial score (nSPS) is 34.4. The average molecular weight is 312 g/mol. The number of allylic oxidation sites excluding steroid dienone is 2. The van der Waals surface area contributed by atoms with Crippen LogP contribution in [0.4, 0.5) is 8.78 Å². The van der Waals surface area contributed by atoms with Crippen molar-refractivity contribution in [3.05, 3.63) is 11.7 Å². The fraction of sp³-hybridized carbons (Fsp3) is 0.900. The lowest BCUT2D eigenvalue weighted by molar-refractivity contribution is 0.228. The predicted octanol–water partition coefficient (Wildman–Crippen LogP) is 7.35. The first-order valence-corrected chi connectivity index (χ1v) is 9.70. The molecule has 0 atom stereocenters. The first-order valence-electron chi connectivity index (χ1n) is 9.70. The Labute approximate surface area is 135 Å². The van der Waals surface area contributed by atoms with Crippen LogP contribution in [0, 0.1) is 23.7 Å². The molecule has 0 radical (unpaired) electrons. The molecule has 0 heterocycles. The Morgan fingerprint density at radius 2 is 0.955 bits per heavy atom. The zero-order valence-corrected chi connectivity index (χ0v) is 14.6. The summed E-state index contributed by atoms with van der Waals surface area (Å²) in [6.45, 7) is 4.42. The highest BCUT2D eigenvalue weighted by molar-refractivity contribution is 5.09. The number of hydrogen-bond acceptors (Lipinski definition) is 0. The molecule has 0 spiro atoms. The van der Waals surface area contributed by atoms with Crippen LogP contribution in [0.5, 0.6) is 0 Å². The maximum Gasteiger partial charge on any atom is 0.135 e. The van der Waals surface area contributed by atoms with Crippen molar-refractivity contribution in [3.63, 3.8) is 0 Å². The van der Waals surface area contributed by atoms with Gasteiger partial charge >= 0.3 is 0 Å². The van der Waals surface area contributed by atoms with E-state index in [0.717, 1.165) is 63.2 Å². The van der Waals surface area contributed by atoms with E-state index in [1.54, 1.807) is 0 Å². The van der Waals surface area contributed by atoms with Crippen molar-refractivity contribution in [1.29, 1.82) is 0 Å². The minimum atomic E-state index is -0.381. The highest BCUT2D eigenvalue weighted by Crippen LogP contribution is 2.42. The van der Waals surface area contributed by atoms with Crippen LogP contribution in [0.2, 0.25) is 0 Å². The van der Waals surface area contributed by atoms with Gasteiger partial charge in [-0.05, 0) is 63.2 Å². The van der Waals surface area contributed by atoms with Crippen LogP contribution in [0.3, 0.4) is 0 Å². The maximum absolute atomic E-state index is 14.5. The molecule has 0 aliphatic heterocycles. The summed E-state index contributed by atoms with van der Waals surface area (Å²) in [6, 6.07) is 0. The molecule has 0 aromatic rings. The van der Waals surface area contributed by atoms with Gasteiger partial charge in [-0.2, -0.15) is 0 Å². The number of rotatable bonds is 6. The second-order valence-corrected chi connectivity index (χ2v) is 7.71. The topological polar surface area (TPSA) is 0 Å². The van der Waals surface area contributed by atoms with Crippen molar-refractivity contribution in [2.75, 3.05) is 0 Å². The minimum Gasteiger partial charge on any atom is -0.209 e. The van der Waals surface area contributed by atoms with E-state index in [0.29, 0.717) is 0 Å². The highest BCUT2D eigenvalue weighted by Gasteiger charge is 2.30. The van der Waals surface area contributed by atoms with Crippen LogP contribution < -0.4 is 0 Å². The number of hydrogen-bond donors (Lipinski definition) is 0.